The van der Waals surface area contributed by atoms with Crippen molar-refractivity contribution in [3.05, 3.63) is 71.8 Å². The second kappa shape index (κ2) is 8.75. The minimum absolute atomic E-state index is 0.277. The van der Waals surface area contributed by atoms with Gasteiger partial charge in [-0.2, -0.15) is 0 Å². The molecule has 0 radical (unpaired) electrons. The van der Waals surface area contributed by atoms with E-state index < -0.39 is 36.6 Å². The molecule has 1 aliphatic heterocycles. The van der Waals surface area contributed by atoms with Crippen molar-refractivity contribution < 1.29 is 32.9 Å². The molecule has 3 rings (SSSR count). The molecule has 0 bridgehead atoms. The summed E-state index contributed by atoms with van der Waals surface area (Å²) in [5.74, 6) is -1.27. The second-order valence-electron chi connectivity index (χ2n) is 5.92. The maximum Gasteiger partial charge on any atom is 0.338 e. The molecule has 0 aliphatic carbocycles. The predicted octanol–water partition coefficient (Wildman–Crippen LogP) is 2.78. The van der Waals surface area contributed by atoms with E-state index in [4.69, 9.17) is 18.9 Å². The van der Waals surface area contributed by atoms with Crippen LogP contribution in [0.1, 0.15) is 20.7 Å². The first-order valence-corrected chi connectivity index (χ1v) is 8.40. The van der Waals surface area contributed by atoms with Gasteiger partial charge in [-0.25, -0.2) is 14.0 Å². The molecule has 0 aromatic heterocycles. The van der Waals surface area contributed by atoms with Crippen LogP contribution in [0.2, 0.25) is 0 Å². The van der Waals surface area contributed by atoms with Gasteiger partial charge in [0.25, 0.3) is 0 Å². The Balaban J connectivity index is 1.66. The van der Waals surface area contributed by atoms with Crippen LogP contribution in [0, 0.1) is 0 Å². The Hall–Kier alpha value is -2.77. The highest BCUT2D eigenvalue weighted by molar-refractivity contribution is 5.90. The third-order valence-electron chi connectivity index (χ3n) is 4.12. The summed E-state index contributed by atoms with van der Waals surface area (Å²) in [6.45, 7) is -0.277. The molecule has 1 aliphatic rings. The van der Waals surface area contributed by atoms with Crippen LogP contribution in [-0.2, 0) is 18.9 Å². The molecule has 27 heavy (non-hydrogen) atoms. The Bertz CT molecular complexity index is 767. The summed E-state index contributed by atoms with van der Waals surface area (Å²) in [6.07, 6.45) is -5.15. The van der Waals surface area contributed by atoms with Crippen LogP contribution >= 0.6 is 0 Å². The zero-order valence-corrected chi connectivity index (χ0v) is 14.6. The smallest absolute Gasteiger partial charge is 0.338 e. The van der Waals surface area contributed by atoms with E-state index in [1.165, 1.54) is 7.11 Å². The number of hydrogen-bond acceptors (Lipinski definition) is 6. The monoisotopic (exact) mass is 374 g/mol. The van der Waals surface area contributed by atoms with Gasteiger partial charge in [0.1, 0.15) is 12.7 Å². The van der Waals surface area contributed by atoms with Gasteiger partial charge in [-0.3, -0.25) is 0 Å². The Morgan fingerprint density at radius 2 is 1.52 bits per heavy atom. The summed E-state index contributed by atoms with van der Waals surface area (Å²) < 4.78 is 35.4. The van der Waals surface area contributed by atoms with Gasteiger partial charge in [0.2, 0.25) is 0 Å². The number of alkyl halides is 1. The predicted molar refractivity (Wildman–Crippen MR) is 92.9 cm³/mol. The lowest BCUT2D eigenvalue weighted by molar-refractivity contribution is -0.142. The van der Waals surface area contributed by atoms with Gasteiger partial charge in [0.15, 0.2) is 18.6 Å². The zero-order valence-electron chi connectivity index (χ0n) is 14.6. The molecule has 6 nitrogen and oxygen atoms in total. The van der Waals surface area contributed by atoms with E-state index in [0.717, 1.165) is 0 Å². The fourth-order valence-corrected chi connectivity index (χ4v) is 2.73. The van der Waals surface area contributed by atoms with Crippen molar-refractivity contribution in [2.75, 3.05) is 13.7 Å². The van der Waals surface area contributed by atoms with Gasteiger partial charge in [-0.15, -0.1) is 0 Å². The van der Waals surface area contributed by atoms with E-state index in [-0.39, 0.29) is 12.2 Å². The van der Waals surface area contributed by atoms with Crippen LogP contribution in [0.5, 0.6) is 0 Å². The first kappa shape index (κ1) is 19.0. The topological polar surface area (TPSA) is 71.1 Å². The Kier molecular flexibility index (Phi) is 6.16. The number of ether oxygens (including phenoxy) is 4. The SMILES string of the molecule is COC1O[C@H](COC(=O)c2ccccc2)[C@@H](OC(=O)c2ccccc2)[C@H]1F. The van der Waals surface area contributed by atoms with Crippen molar-refractivity contribution in [2.24, 2.45) is 0 Å². The fourth-order valence-electron chi connectivity index (χ4n) is 2.73. The largest absolute Gasteiger partial charge is 0.459 e. The lowest BCUT2D eigenvalue weighted by Crippen LogP contribution is -2.37. The number of carbonyl (C=O) groups excluding carboxylic acids is 2. The summed E-state index contributed by atoms with van der Waals surface area (Å²) in [6, 6.07) is 16.6. The molecule has 0 saturated carbocycles. The standard InChI is InChI=1S/C20H19FO6/c1-24-20-16(21)17(27-19(23)14-10-6-3-7-11-14)15(26-20)12-25-18(22)13-8-4-2-5-9-13/h2-11,15-17,20H,12H2,1H3/t15-,16-,17-,20?/m1/s1. The molecule has 1 unspecified atom stereocenters. The van der Waals surface area contributed by atoms with Crippen molar-refractivity contribution in [1.82, 2.24) is 0 Å². The highest BCUT2D eigenvalue weighted by Gasteiger charge is 2.48. The summed E-state index contributed by atoms with van der Waals surface area (Å²) >= 11 is 0. The van der Waals surface area contributed by atoms with Crippen molar-refractivity contribution in [1.29, 1.82) is 0 Å². The minimum atomic E-state index is -1.71. The summed E-state index contributed by atoms with van der Waals surface area (Å²) in [5.41, 5.74) is 0.638. The average Bonchev–Trinajstić information content (AvgIpc) is 3.02. The van der Waals surface area contributed by atoms with Gasteiger partial charge in [-0.1, -0.05) is 36.4 Å². The molecule has 1 heterocycles. The molecule has 2 aromatic carbocycles. The summed E-state index contributed by atoms with van der Waals surface area (Å²) in [4.78, 5) is 24.3. The molecule has 142 valence electrons. The summed E-state index contributed by atoms with van der Waals surface area (Å²) in [5, 5.41) is 0. The van der Waals surface area contributed by atoms with E-state index >= 15 is 0 Å². The first-order valence-electron chi connectivity index (χ1n) is 8.40. The van der Waals surface area contributed by atoms with Crippen LogP contribution in [0.25, 0.3) is 0 Å². The van der Waals surface area contributed by atoms with Crippen molar-refractivity contribution in [2.45, 2.75) is 24.7 Å². The molecule has 4 atom stereocenters. The third-order valence-corrected chi connectivity index (χ3v) is 4.12. The number of halogens is 1. The van der Waals surface area contributed by atoms with Crippen LogP contribution in [0.15, 0.2) is 60.7 Å². The molecule has 1 saturated heterocycles. The van der Waals surface area contributed by atoms with Crippen molar-refractivity contribution >= 4 is 11.9 Å². The van der Waals surface area contributed by atoms with E-state index in [9.17, 15) is 14.0 Å². The number of benzene rings is 2. The molecular weight excluding hydrogens is 355 g/mol. The number of esters is 2. The molecule has 7 heteroatoms. The maximum atomic E-state index is 14.6. The molecule has 1 fully saturated rings. The van der Waals surface area contributed by atoms with Gasteiger partial charge in [-0.05, 0) is 24.3 Å². The first-order chi connectivity index (χ1) is 13.1. The van der Waals surface area contributed by atoms with Crippen LogP contribution in [-0.4, -0.2) is 50.3 Å². The lowest BCUT2D eigenvalue weighted by Gasteiger charge is -2.19. The average molecular weight is 374 g/mol. The van der Waals surface area contributed by atoms with Crippen LogP contribution < -0.4 is 0 Å². The minimum Gasteiger partial charge on any atom is -0.459 e. The van der Waals surface area contributed by atoms with E-state index in [1.807, 2.05) is 0 Å². The Morgan fingerprint density at radius 1 is 0.963 bits per heavy atom. The second-order valence-corrected chi connectivity index (χ2v) is 5.92. The van der Waals surface area contributed by atoms with E-state index in [2.05, 4.69) is 0 Å². The highest BCUT2D eigenvalue weighted by Crippen LogP contribution is 2.28. The highest BCUT2D eigenvalue weighted by atomic mass is 19.1. The van der Waals surface area contributed by atoms with Gasteiger partial charge >= 0.3 is 11.9 Å². The zero-order chi connectivity index (χ0) is 19.2. The van der Waals surface area contributed by atoms with Crippen molar-refractivity contribution in [3.63, 3.8) is 0 Å². The number of hydrogen-bond donors (Lipinski definition) is 0. The molecule has 0 N–H and O–H groups in total. The van der Waals surface area contributed by atoms with E-state index in [0.29, 0.717) is 5.56 Å². The Morgan fingerprint density at radius 3 is 2.07 bits per heavy atom. The maximum absolute atomic E-state index is 14.6. The van der Waals surface area contributed by atoms with E-state index in [1.54, 1.807) is 60.7 Å². The normalized spacial score (nSPS) is 24.4. The van der Waals surface area contributed by atoms with Crippen molar-refractivity contribution in [3.8, 4) is 0 Å². The molecular formula is C20H19FO6. The van der Waals surface area contributed by atoms with Crippen LogP contribution in [0.3, 0.4) is 0 Å². The van der Waals surface area contributed by atoms with Gasteiger partial charge in [0.05, 0.1) is 11.1 Å². The third kappa shape index (κ3) is 4.50. The summed E-state index contributed by atoms with van der Waals surface area (Å²) in [7, 11) is 1.28. The number of rotatable bonds is 6. The van der Waals surface area contributed by atoms with Gasteiger partial charge in [0, 0.05) is 7.11 Å². The van der Waals surface area contributed by atoms with Gasteiger partial charge < -0.3 is 18.9 Å². The molecule has 0 amide bonds. The quantitative estimate of drug-likeness (QED) is 0.724. The Labute approximate surface area is 155 Å². The fraction of sp³-hybridized carbons (Fsp3) is 0.300. The van der Waals surface area contributed by atoms with Crippen LogP contribution in [0.4, 0.5) is 4.39 Å². The lowest BCUT2D eigenvalue weighted by atomic mass is 10.1. The number of carbonyl (C=O) groups is 2. The molecule has 2 aromatic rings. The molecule has 0 spiro atoms. The number of methoxy groups -OCH3 is 1.